The Balaban J connectivity index is 2.17. The minimum atomic E-state index is 0.336. The van der Waals surface area contributed by atoms with Crippen LogP contribution in [0.1, 0.15) is 31.9 Å². The minimum absolute atomic E-state index is 0.336. The van der Waals surface area contributed by atoms with Crippen LogP contribution in [0, 0.1) is 5.41 Å². The van der Waals surface area contributed by atoms with Crippen LogP contribution in [0.3, 0.4) is 0 Å². The highest BCUT2D eigenvalue weighted by Gasteiger charge is 2.48. The smallest absolute Gasteiger partial charge is 0.0441 e. The van der Waals surface area contributed by atoms with Crippen molar-refractivity contribution in [3.63, 3.8) is 0 Å². The molecule has 2 rings (SSSR count). The van der Waals surface area contributed by atoms with Crippen LogP contribution in [0.15, 0.2) is 24.4 Å². The number of nitrogens with one attached hydrogen (secondary N) is 1. The third kappa shape index (κ3) is 1.34. The lowest BCUT2D eigenvalue weighted by atomic mass is 9.57. The lowest BCUT2D eigenvalue weighted by Crippen LogP contribution is -2.54. The first kappa shape index (κ1) is 9.66. The molecule has 2 atom stereocenters. The van der Waals surface area contributed by atoms with Crippen molar-refractivity contribution in [2.75, 3.05) is 7.05 Å². The molecular weight excluding hydrogens is 172 g/mol. The Morgan fingerprint density at radius 3 is 2.71 bits per heavy atom. The van der Waals surface area contributed by atoms with Gasteiger partial charge >= 0.3 is 0 Å². The molecule has 1 saturated carbocycles. The molecule has 0 bridgehead atoms. The maximum Gasteiger partial charge on any atom is 0.0441 e. The molecule has 1 fully saturated rings. The van der Waals surface area contributed by atoms with Crippen LogP contribution in [0.25, 0.3) is 0 Å². The van der Waals surface area contributed by atoms with E-state index in [1.165, 1.54) is 12.1 Å². The summed E-state index contributed by atoms with van der Waals surface area (Å²) in [5.41, 5.74) is 1.58. The first-order valence-electron chi connectivity index (χ1n) is 5.24. The van der Waals surface area contributed by atoms with Crippen molar-refractivity contribution in [1.82, 2.24) is 10.3 Å². The number of nitrogens with zero attached hydrogens (tertiary/aromatic N) is 1. The van der Waals surface area contributed by atoms with Crippen molar-refractivity contribution in [3.8, 4) is 0 Å². The normalized spacial score (nSPS) is 29.6. The van der Waals surface area contributed by atoms with Crippen LogP contribution in [-0.2, 0) is 0 Å². The summed E-state index contributed by atoms with van der Waals surface area (Å²) in [6, 6.07) is 6.82. The van der Waals surface area contributed by atoms with Gasteiger partial charge in [-0.2, -0.15) is 0 Å². The Bertz CT molecular complexity index is 305. The van der Waals surface area contributed by atoms with Gasteiger partial charge in [0.05, 0.1) is 0 Å². The molecule has 0 radical (unpaired) electrons. The molecule has 1 aliphatic carbocycles. The van der Waals surface area contributed by atoms with Crippen LogP contribution in [-0.4, -0.2) is 18.1 Å². The number of hydrogen-bond acceptors (Lipinski definition) is 2. The predicted molar refractivity (Wildman–Crippen MR) is 58.2 cm³/mol. The fourth-order valence-electron chi connectivity index (χ4n) is 2.50. The zero-order valence-corrected chi connectivity index (χ0v) is 9.12. The van der Waals surface area contributed by atoms with Crippen LogP contribution < -0.4 is 5.32 Å². The molecule has 1 N–H and O–H groups in total. The van der Waals surface area contributed by atoms with E-state index in [0.29, 0.717) is 17.4 Å². The molecule has 1 aliphatic rings. The maximum absolute atomic E-state index is 4.44. The molecule has 1 heterocycles. The van der Waals surface area contributed by atoms with E-state index in [2.05, 4.69) is 36.3 Å². The van der Waals surface area contributed by atoms with E-state index in [9.17, 15) is 0 Å². The minimum Gasteiger partial charge on any atom is -0.316 e. The third-order valence-electron chi connectivity index (χ3n) is 3.66. The van der Waals surface area contributed by atoms with E-state index in [-0.39, 0.29) is 0 Å². The van der Waals surface area contributed by atoms with Gasteiger partial charge in [0.2, 0.25) is 0 Å². The van der Waals surface area contributed by atoms with Crippen molar-refractivity contribution in [2.45, 2.75) is 32.2 Å². The molecule has 0 aliphatic heterocycles. The SMILES string of the molecule is CNC1CC(c2ccccn2)C1(C)C. The van der Waals surface area contributed by atoms with Gasteiger partial charge in [-0.3, -0.25) is 4.98 Å². The van der Waals surface area contributed by atoms with E-state index in [1.54, 1.807) is 0 Å². The van der Waals surface area contributed by atoms with Crippen LogP contribution in [0.2, 0.25) is 0 Å². The molecule has 0 saturated heterocycles. The second-order valence-electron chi connectivity index (χ2n) is 4.71. The number of hydrogen-bond donors (Lipinski definition) is 1. The number of rotatable bonds is 2. The van der Waals surface area contributed by atoms with E-state index < -0.39 is 0 Å². The molecule has 1 aromatic heterocycles. The molecule has 2 heteroatoms. The zero-order chi connectivity index (χ0) is 10.2. The Hall–Kier alpha value is -0.890. The summed E-state index contributed by atoms with van der Waals surface area (Å²) in [7, 11) is 2.04. The monoisotopic (exact) mass is 190 g/mol. The van der Waals surface area contributed by atoms with Crippen LogP contribution in [0.5, 0.6) is 0 Å². The molecular formula is C12H18N2. The van der Waals surface area contributed by atoms with Gasteiger partial charge in [-0.25, -0.2) is 0 Å². The van der Waals surface area contributed by atoms with Crippen LogP contribution >= 0.6 is 0 Å². The highest BCUT2D eigenvalue weighted by Crippen LogP contribution is 2.51. The van der Waals surface area contributed by atoms with Crippen molar-refractivity contribution in [2.24, 2.45) is 5.41 Å². The summed E-state index contributed by atoms with van der Waals surface area (Å²) < 4.78 is 0. The number of aromatic nitrogens is 1. The van der Waals surface area contributed by atoms with Crippen molar-refractivity contribution < 1.29 is 0 Å². The van der Waals surface area contributed by atoms with E-state index in [1.807, 2.05) is 19.3 Å². The van der Waals surface area contributed by atoms with Gasteiger partial charge in [-0.05, 0) is 31.0 Å². The van der Waals surface area contributed by atoms with E-state index >= 15 is 0 Å². The third-order valence-corrected chi connectivity index (χ3v) is 3.66. The topological polar surface area (TPSA) is 24.9 Å². The fraction of sp³-hybridized carbons (Fsp3) is 0.583. The first-order valence-corrected chi connectivity index (χ1v) is 5.24. The molecule has 0 aromatic carbocycles. The average molecular weight is 190 g/mol. The molecule has 0 amide bonds. The Kier molecular flexibility index (Phi) is 2.31. The van der Waals surface area contributed by atoms with Crippen molar-refractivity contribution in [3.05, 3.63) is 30.1 Å². The second-order valence-corrected chi connectivity index (χ2v) is 4.71. The second kappa shape index (κ2) is 3.35. The molecule has 76 valence electrons. The first-order chi connectivity index (χ1) is 6.66. The quantitative estimate of drug-likeness (QED) is 0.773. The highest BCUT2D eigenvalue weighted by molar-refractivity contribution is 5.20. The lowest BCUT2D eigenvalue weighted by molar-refractivity contribution is 0.0725. The summed E-state index contributed by atoms with van der Waals surface area (Å²) in [4.78, 5) is 4.44. The van der Waals surface area contributed by atoms with Crippen LogP contribution in [0.4, 0.5) is 0 Å². The molecule has 2 unspecified atom stereocenters. The Morgan fingerprint density at radius 1 is 1.43 bits per heavy atom. The van der Waals surface area contributed by atoms with Gasteiger partial charge in [0.25, 0.3) is 0 Å². The summed E-state index contributed by atoms with van der Waals surface area (Å²) in [6.07, 6.45) is 3.10. The van der Waals surface area contributed by atoms with Gasteiger partial charge < -0.3 is 5.32 Å². The summed E-state index contributed by atoms with van der Waals surface area (Å²) in [6.45, 7) is 4.63. The average Bonchev–Trinajstić information content (AvgIpc) is 2.18. The summed E-state index contributed by atoms with van der Waals surface area (Å²) >= 11 is 0. The predicted octanol–water partition coefficient (Wildman–Crippen LogP) is 2.18. The van der Waals surface area contributed by atoms with Crippen molar-refractivity contribution >= 4 is 0 Å². The maximum atomic E-state index is 4.44. The molecule has 0 spiro atoms. The van der Waals surface area contributed by atoms with Gasteiger partial charge in [-0.1, -0.05) is 19.9 Å². The van der Waals surface area contributed by atoms with Gasteiger partial charge in [0.1, 0.15) is 0 Å². The largest absolute Gasteiger partial charge is 0.316 e. The lowest BCUT2D eigenvalue weighted by Gasteiger charge is -2.51. The van der Waals surface area contributed by atoms with E-state index in [0.717, 1.165) is 0 Å². The molecule has 2 nitrogen and oxygen atoms in total. The Labute approximate surface area is 85.7 Å². The highest BCUT2D eigenvalue weighted by atomic mass is 14.9. The van der Waals surface area contributed by atoms with Crippen molar-refractivity contribution in [1.29, 1.82) is 0 Å². The van der Waals surface area contributed by atoms with Gasteiger partial charge in [0, 0.05) is 23.9 Å². The molecule has 1 aromatic rings. The number of pyridine rings is 1. The summed E-state index contributed by atoms with van der Waals surface area (Å²) in [5.74, 6) is 0.612. The zero-order valence-electron chi connectivity index (χ0n) is 9.12. The van der Waals surface area contributed by atoms with Gasteiger partial charge in [0.15, 0.2) is 0 Å². The fourth-order valence-corrected chi connectivity index (χ4v) is 2.50. The Morgan fingerprint density at radius 2 is 2.21 bits per heavy atom. The molecule has 14 heavy (non-hydrogen) atoms. The summed E-state index contributed by atoms with van der Waals surface area (Å²) in [5, 5.41) is 3.36. The standard InChI is InChI=1S/C12H18N2/c1-12(2)9(8-11(12)13-3)10-6-4-5-7-14-10/h4-7,9,11,13H,8H2,1-3H3. The van der Waals surface area contributed by atoms with Gasteiger partial charge in [-0.15, -0.1) is 0 Å². The van der Waals surface area contributed by atoms with E-state index in [4.69, 9.17) is 0 Å².